The molecule has 3 N–H and O–H groups in total. The van der Waals surface area contributed by atoms with Gasteiger partial charge < -0.3 is 15.6 Å². The number of aromatic nitrogens is 4. The first-order chi connectivity index (χ1) is 10.1. The molecule has 0 fully saturated rings. The average molecular weight is 282 g/mol. The molecular weight excluding hydrogens is 268 g/mol. The van der Waals surface area contributed by atoms with Crippen molar-refractivity contribution in [2.45, 2.75) is 0 Å². The number of rotatable bonds is 3. The Bertz CT molecular complexity index is 771. The highest BCUT2D eigenvalue weighted by atomic mass is 16.2. The fourth-order valence-electron chi connectivity index (χ4n) is 1.98. The molecule has 21 heavy (non-hydrogen) atoms. The minimum Gasteiger partial charge on any atom is -0.399 e. The van der Waals surface area contributed by atoms with Crippen LogP contribution in [0.2, 0.25) is 0 Å². The van der Waals surface area contributed by atoms with Crippen LogP contribution in [0.5, 0.6) is 0 Å². The maximum absolute atomic E-state index is 12.2. The molecule has 7 heteroatoms. The number of nitrogens with one attached hydrogen (secondary N) is 1. The van der Waals surface area contributed by atoms with E-state index in [-0.39, 0.29) is 5.91 Å². The second-order valence-corrected chi connectivity index (χ2v) is 4.56. The number of anilines is 2. The third kappa shape index (κ3) is 2.48. The molecule has 3 rings (SSSR count). The van der Waals surface area contributed by atoms with Crippen molar-refractivity contribution in [1.82, 2.24) is 19.3 Å². The molecule has 0 aliphatic heterocycles. The summed E-state index contributed by atoms with van der Waals surface area (Å²) in [5.41, 5.74) is 7.63. The van der Waals surface area contributed by atoms with Crippen LogP contribution in [0.4, 0.5) is 11.5 Å². The molecule has 0 spiro atoms. The number of hydrogen-bond donors (Lipinski definition) is 2. The van der Waals surface area contributed by atoms with Gasteiger partial charge in [-0.05, 0) is 24.3 Å². The van der Waals surface area contributed by atoms with E-state index in [2.05, 4.69) is 15.4 Å². The Morgan fingerprint density at radius 2 is 2.00 bits per heavy atom. The van der Waals surface area contributed by atoms with E-state index in [0.29, 0.717) is 17.2 Å². The van der Waals surface area contributed by atoms with Crippen molar-refractivity contribution in [2.75, 3.05) is 11.1 Å². The van der Waals surface area contributed by atoms with Crippen LogP contribution in [0, 0.1) is 0 Å². The molecule has 1 aromatic carbocycles. The van der Waals surface area contributed by atoms with E-state index in [1.165, 1.54) is 6.20 Å². The van der Waals surface area contributed by atoms with Crippen molar-refractivity contribution >= 4 is 17.4 Å². The van der Waals surface area contributed by atoms with Crippen LogP contribution in [0.3, 0.4) is 0 Å². The number of imidazole rings is 1. The SMILES string of the molecule is Cn1cncc1C(=O)Nc1ccnn1-c1ccc(N)cc1. The molecule has 0 atom stereocenters. The summed E-state index contributed by atoms with van der Waals surface area (Å²) in [6.07, 6.45) is 4.71. The molecule has 2 aromatic heterocycles. The molecule has 2 heterocycles. The molecular formula is C14H14N6O. The maximum atomic E-state index is 12.2. The summed E-state index contributed by atoms with van der Waals surface area (Å²) < 4.78 is 3.28. The molecule has 7 nitrogen and oxygen atoms in total. The predicted molar refractivity (Wildman–Crippen MR) is 79.1 cm³/mol. The minimum atomic E-state index is -0.243. The van der Waals surface area contributed by atoms with E-state index in [0.717, 1.165) is 5.69 Å². The number of carbonyl (C=O) groups excluding carboxylic acids is 1. The summed E-state index contributed by atoms with van der Waals surface area (Å²) >= 11 is 0. The number of benzene rings is 1. The van der Waals surface area contributed by atoms with Crippen LogP contribution >= 0.6 is 0 Å². The summed E-state index contributed by atoms with van der Waals surface area (Å²) in [6, 6.07) is 8.96. The Kier molecular flexibility index (Phi) is 3.15. The number of nitrogen functional groups attached to an aromatic ring is 1. The van der Waals surface area contributed by atoms with Gasteiger partial charge in [-0.2, -0.15) is 5.10 Å². The lowest BCUT2D eigenvalue weighted by atomic mass is 10.3. The van der Waals surface area contributed by atoms with Crippen molar-refractivity contribution in [1.29, 1.82) is 0 Å². The van der Waals surface area contributed by atoms with E-state index in [1.807, 2.05) is 12.1 Å². The van der Waals surface area contributed by atoms with E-state index in [1.54, 1.807) is 47.0 Å². The topological polar surface area (TPSA) is 90.8 Å². The molecule has 1 amide bonds. The second kappa shape index (κ2) is 5.12. The Hall–Kier alpha value is -3.09. The lowest BCUT2D eigenvalue weighted by Gasteiger charge is -2.09. The van der Waals surface area contributed by atoms with E-state index in [4.69, 9.17) is 5.73 Å². The monoisotopic (exact) mass is 282 g/mol. The van der Waals surface area contributed by atoms with E-state index in [9.17, 15) is 4.79 Å². The molecule has 0 bridgehead atoms. The average Bonchev–Trinajstić information content (AvgIpc) is 3.09. The number of hydrogen-bond acceptors (Lipinski definition) is 4. The number of aryl methyl sites for hydroxylation is 1. The van der Waals surface area contributed by atoms with Crippen molar-refractivity contribution in [3.63, 3.8) is 0 Å². The predicted octanol–water partition coefficient (Wildman–Crippen LogP) is 1.44. The van der Waals surface area contributed by atoms with Gasteiger partial charge in [-0.15, -0.1) is 0 Å². The van der Waals surface area contributed by atoms with Gasteiger partial charge in [0.15, 0.2) is 0 Å². The fourth-order valence-corrected chi connectivity index (χ4v) is 1.98. The molecule has 0 saturated heterocycles. The quantitative estimate of drug-likeness (QED) is 0.711. The van der Waals surface area contributed by atoms with Crippen molar-refractivity contribution in [3.05, 3.63) is 54.7 Å². The van der Waals surface area contributed by atoms with Crippen LogP contribution in [-0.2, 0) is 7.05 Å². The van der Waals surface area contributed by atoms with Gasteiger partial charge >= 0.3 is 0 Å². The van der Waals surface area contributed by atoms with Gasteiger partial charge in [0.05, 0.1) is 24.4 Å². The van der Waals surface area contributed by atoms with Crippen molar-refractivity contribution in [3.8, 4) is 5.69 Å². The Morgan fingerprint density at radius 1 is 1.24 bits per heavy atom. The molecule has 0 unspecified atom stereocenters. The molecule has 0 aliphatic rings. The summed E-state index contributed by atoms with van der Waals surface area (Å²) in [7, 11) is 1.76. The lowest BCUT2D eigenvalue weighted by Crippen LogP contribution is -2.17. The number of nitrogens with zero attached hydrogens (tertiary/aromatic N) is 4. The van der Waals surface area contributed by atoms with Gasteiger partial charge in [0.25, 0.3) is 5.91 Å². The summed E-state index contributed by atoms with van der Waals surface area (Å²) in [6.45, 7) is 0. The smallest absolute Gasteiger partial charge is 0.275 e. The first-order valence-electron chi connectivity index (χ1n) is 6.33. The van der Waals surface area contributed by atoms with Gasteiger partial charge in [0, 0.05) is 18.8 Å². The molecule has 3 aromatic rings. The summed E-state index contributed by atoms with van der Waals surface area (Å²) in [5.74, 6) is 0.332. The number of amides is 1. The first kappa shape index (κ1) is 12.9. The summed E-state index contributed by atoms with van der Waals surface area (Å²) in [4.78, 5) is 16.1. The second-order valence-electron chi connectivity index (χ2n) is 4.56. The molecule has 0 aliphatic carbocycles. The zero-order valence-corrected chi connectivity index (χ0v) is 11.4. The number of carbonyl (C=O) groups is 1. The lowest BCUT2D eigenvalue weighted by molar-refractivity contribution is 0.101. The Balaban J connectivity index is 1.88. The van der Waals surface area contributed by atoms with Crippen LogP contribution in [0.25, 0.3) is 5.69 Å². The van der Waals surface area contributed by atoms with Crippen LogP contribution in [0.1, 0.15) is 10.5 Å². The third-order valence-corrected chi connectivity index (χ3v) is 3.07. The van der Waals surface area contributed by atoms with Gasteiger partial charge in [-0.1, -0.05) is 0 Å². The minimum absolute atomic E-state index is 0.243. The van der Waals surface area contributed by atoms with Crippen molar-refractivity contribution in [2.24, 2.45) is 7.05 Å². The Labute approximate surface area is 121 Å². The fraction of sp³-hybridized carbons (Fsp3) is 0.0714. The Morgan fingerprint density at radius 3 is 2.67 bits per heavy atom. The molecule has 0 saturated carbocycles. The van der Waals surface area contributed by atoms with Gasteiger partial charge in [-0.3, -0.25) is 4.79 Å². The normalized spacial score (nSPS) is 10.5. The van der Waals surface area contributed by atoms with Gasteiger partial charge in [0.2, 0.25) is 0 Å². The largest absolute Gasteiger partial charge is 0.399 e. The maximum Gasteiger partial charge on any atom is 0.275 e. The zero-order chi connectivity index (χ0) is 14.8. The third-order valence-electron chi connectivity index (χ3n) is 3.07. The highest BCUT2D eigenvalue weighted by molar-refractivity contribution is 6.02. The van der Waals surface area contributed by atoms with Gasteiger partial charge in [0.1, 0.15) is 11.5 Å². The zero-order valence-electron chi connectivity index (χ0n) is 11.4. The highest BCUT2D eigenvalue weighted by Crippen LogP contribution is 2.16. The van der Waals surface area contributed by atoms with Crippen molar-refractivity contribution < 1.29 is 4.79 Å². The van der Waals surface area contributed by atoms with Gasteiger partial charge in [-0.25, -0.2) is 9.67 Å². The first-order valence-corrected chi connectivity index (χ1v) is 6.33. The molecule has 0 radical (unpaired) electrons. The van der Waals surface area contributed by atoms with E-state index >= 15 is 0 Å². The molecule has 106 valence electrons. The summed E-state index contributed by atoms with van der Waals surface area (Å²) in [5, 5.41) is 7.03. The van der Waals surface area contributed by atoms with Crippen LogP contribution in [0.15, 0.2) is 49.1 Å². The van der Waals surface area contributed by atoms with Crippen LogP contribution in [-0.4, -0.2) is 25.2 Å². The van der Waals surface area contributed by atoms with Crippen LogP contribution < -0.4 is 11.1 Å². The van der Waals surface area contributed by atoms with E-state index < -0.39 is 0 Å². The number of nitrogens with two attached hydrogens (primary N) is 1. The standard InChI is InChI=1S/C14H14N6O/c1-19-9-16-8-12(19)14(21)18-13-6-7-17-20(13)11-4-2-10(15)3-5-11/h2-9H,15H2,1H3,(H,18,21). The highest BCUT2D eigenvalue weighted by Gasteiger charge is 2.13.